The molecule has 3 rings (SSSR count). The predicted octanol–water partition coefficient (Wildman–Crippen LogP) is 4.08. The van der Waals surface area contributed by atoms with Crippen LogP contribution < -0.4 is 10.1 Å². The summed E-state index contributed by atoms with van der Waals surface area (Å²) in [5.41, 5.74) is 1.47. The number of para-hydroxylation sites is 2. The van der Waals surface area contributed by atoms with Gasteiger partial charge in [0.1, 0.15) is 17.9 Å². The van der Waals surface area contributed by atoms with Crippen LogP contribution in [-0.2, 0) is 6.61 Å². The van der Waals surface area contributed by atoms with Gasteiger partial charge in [-0.25, -0.2) is 0 Å². The molecule has 0 spiro atoms. The van der Waals surface area contributed by atoms with Crippen molar-refractivity contribution in [2.24, 2.45) is 0 Å². The summed E-state index contributed by atoms with van der Waals surface area (Å²) in [7, 11) is 0. The largest absolute Gasteiger partial charge is 0.489 e. The summed E-state index contributed by atoms with van der Waals surface area (Å²) in [6.07, 6.45) is 0. The maximum Gasteiger partial charge on any atom is 0.287 e. The third-order valence-corrected chi connectivity index (χ3v) is 4.64. The molecule has 0 aliphatic carbocycles. The minimum atomic E-state index is -0.204. The number of benzene rings is 2. The smallest absolute Gasteiger partial charge is 0.287 e. The molecule has 1 amide bonds. The number of nitrogens with one attached hydrogen (secondary N) is 1. The second-order valence-corrected chi connectivity index (χ2v) is 6.29. The van der Waals surface area contributed by atoms with Gasteiger partial charge in [-0.1, -0.05) is 50.2 Å². The molecule has 0 saturated heterocycles. The van der Waals surface area contributed by atoms with Gasteiger partial charge in [0.15, 0.2) is 5.76 Å². The van der Waals surface area contributed by atoms with Crippen molar-refractivity contribution in [2.75, 3.05) is 26.2 Å². The molecular formula is C22H26N2O3. The topological polar surface area (TPSA) is 54.7 Å². The molecule has 0 fully saturated rings. The van der Waals surface area contributed by atoms with Crippen LogP contribution in [0.2, 0.25) is 0 Å². The number of nitrogens with zero attached hydrogens (tertiary/aromatic N) is 1. The third kappa shape index (κ3) is 4.68. The van der Waals surface area contributed by atoms with Crippen molar-refractivity contribution in [3.8, 4) is 5.75 Å². The Morgan fingerprint density at radius 2 is 1.74 bits per heavy atom. The Morgan fingerprint density at radius 1 is 1.04 bits per heavy atom. The van der Waals surface area contributed by atoms with Crippen LogP contribution in [0.3, 0.4) is 0 Å². The van der Waals surface area contributed by atoms with Crippen molar-refractivity contribution in [1.82, 2.24) is 10.2 Å². The number of hydrogen-bond donors (Lipinski definition) is 1. The molecule has 1 heterocycles. The summed E-state index contributed by atoms with van der Waals surface area (Å²) in [6.45, 7) is 7.83. The van der Waals surface area contributed by atoms with Gasteiger partial charge in [0.2, 0.25) is 0 Å². The van der Waals surface area contributed by atoms with E-state index in [9.17, 15) is 4.79 Å². The number of amides is 1. The van der Waals surface area contributed by atoms with Crippen LogP contribution in [0.25, 0.3) is 11.0 Å². The SMILES string of the molecule is CCN(CC)CCNC(=O)c1oc2ccccc2c1COc1ccccc1. The van der Waals surface area contributed by atoms with Crippen molar-refractivity contribution in [1.29, 1.82) is 0 Å². The first-order valence-electron chi connectivity index (χ1n) is 9.41. The first-order valence-corrected chi connectivity index (χ1v) is 9.41. The maximum absolute atomic E-state index is 12.7. The number of carbonyl (C=O) groups excluding carboxylic acids is 1. The first-order chi connectivity index (χ1) is 13.2. The van der Waals surface area contributed by atoms with Gasteiger partial charge in [-0.3, -0.25) is 4.79 Å². The minimum Gasteiger partial charge on any atom is -0.489 e. The zero-order chi connectivity index (χ0) is 19.1. The fraction of sp³-hybridized carbons (Fsp3) is 0.318. The molecule has 3 aromatic rings. The normalized spacial score (nSPS) is 11.1. The lowest BCUT2D eigenvalue weighted by Gasteiger charge is -2.17. The Kier molecular flexibility index (Phi) is 6.49. The van der Waals surface area contributed by atoms with Crippen LogP contribution in [0.15, 0.2) is 59.0 Å². The monoisotopic (exact) mass is 366 g/mol. The lowest BCUT2D eigenvalue weighted by atomic mass is 10.1. The molecular weight excluding hydrogens is 340 g/mol. The average molecular weight is 366 g/mol. The standard InChI is InChI=1S/C22H26N2O3/c1-3-24(4-2)15-14-23-22(25)21-19(16-26-17-10-6-5-7-11-17)18-12-8-9-13-20(18)27-21/h5-13H,3-4,14-16H2,1-2H3,(H,23,25). The Morgan fingerprint density at radius 3 is 2.48 bits per heavy atom. The van der Waals surface area contributed by atoms with E-state index in [4.69, 9.17) is 9.15 Å². The molecule has 1 aromatic heterocycles. The van der Waals surface area contributed by atoms with E-state index in [-0.39, 0.29) is 12.5 Å². The number of hydrogen-bond acceptors (Lipinski definition) is 4. The fourth-order valence-electron chi connectivity index (χ4n) is 3.05. The number of furan rings is 1. The Balaban J connectivity index is 1.76. The molecule has 0 saturated carbocycles. The van der Waals surface area contributed by atoms with E-state index in [2.05, 4.69) is 24.1 Å². The lowest BCUT2D eigenvalue weighted by molar-refractivity contribution is 0.0920. The van der Waals surface area contributed by atoms with Gasteiger partial charge < -0.3 is 19.4 Å². The van der Waals surface area contributed by atoms with Crippen molar-refractivity contribution in [2.45, 2.75) is 20.5 Å². The highest BCUT2D eigenvalue weighted by Gasteiger charge is 2.20. The van der Waals surface area contributed by atoms with Crippen LogP contribution in [0.4, 0.5) is 0 Å². The van der Waals surface area contributed by atoms with Crippen LogP contribution in [0.1, 0.15) is 30.0 Å². The van der Waals surface area contributed by atoms with Gasteiger partial charge in [0.25, 0.3) is 5.91 Å². The van der Waals surface area contributed by atoms with E-state index in [0.29, 0.717) is 17.9 Å². The van der Waals surface area contributed by atoms with E-state index in [1.54, 1.807) is 0 Å². The fourth-order valence-corrected chi connectivity index (χ4v) is 3.05. The molecule has 0 unspecified atom stereocenters. The van der Waals surface area contributed by atoms with E-state index in [1.807, 2.05) is 54.6 Å². The van der Waals surface area contributed by atoms with E-state index in [0.717, 1.165) is 36.3 Å². The van der Waals surface area contributed by atoms with Gasteiger partial charge in [-0.05, 0) is 31.3 Å². The Hall–Kier alpha value is -2.79. The highest BCUT2D eigenvalue weighted by molar-refractivity contribution is 5.99. The Labute approximate surface area is 159 Å². The van der Waals surface area contributed by atoms with Crippen LogP contribution >= 0.6 is 0 Å². The number of likely N-dealkylation sites (N-methyl/N-ethyl adjacent to an activating group) is 1. The molecule has 27 heavy (non-hydrogen) atoms. The molecule has 5 nitrogen and oxygen atoms in total. The van der Waals surface area contributed by atoms with Crippen molar-refractivity contribution in [3.63, 3.8) is 0 Å². The summed E-state index contributed by atoms with van der Waals surface area (Å²) in [6, 6.07) is 17.2. The first kappa shape index (κ1) is 19.0. The number of ether oxygens (including phenoxy) is 1. The van der Waals surface area contributed by atoms with Gasteiger partial charge in [0.05, 0.1) is 0 Å². The molecule has 1 N–H and O–H groups in total. The second kappa shape index (κ2) is 9.24. The molecule has 0 aliphatic rings. The van der Waals surface area contributed by atoms with E-state index < -0.39 is 0 Å². The lowest BCUT2D eigenvalue weighted by Crippen LogP contribution is -2.35. The number of carbonyl (C=O) groups is 1. The van der Waals surface area contributed by atoms with Gasteiger partial charge >= 0.3 is 0 Å². The highest BCUT2D eigenvalue weighted by atomic mass is 16.5. The summed E-state index contributed by atoms with van der Waals surface area (Å²) < 4.78 is 11.7. The van der Waals surface area contributed by atoms with Crippen molar-refractivity contribution >= 4 is 16.9 Å². The zero-order valence-corrected chi connectivity index (χ0v) is 15.9. The van der Waals surface area contributed by atoms with Crippen LogP contribution in [0, 0.1) is 0 Å². The third-order valence-electron chi connectivity index (χ3n) is 4.64. The van der Waals surface area contributed by atoms with Crippen LogP contribution in [-0.4, -0.2) is 37.0 Å². The molecule has 142 valence electrons. The molecule has 0 aliphatic heterocycles. The van der Waals surface area contributed by atoms with Crippen molar-refractivity contribution in [3.05, 3.63) is 65.9 Å². The number of fused-ring (bicyclic) bond motifs is 1. The summed E-state index contributed by atoms with van der Waals surface area (Å²) >= 11 is 0. The van der Waals surface area contributed by atoms with Gasteiger partial charge in [-0.15, -0.1) is 0 Å². The second-order valence-electron chi connectivity index (χ2n) is 6.29. The van der Waals surface area contributed by atoms with Crippen LogP contribution in [0.5, 0.6) is 5.75 Å². The van der Waals surface area contributed by atoms with E-state index in [1.165, 1.54) is 0 Å². The number of rotatable bonds is 9. The van der Waals surface area contributed by atoms with E-state index >= 15 is 0 Å². The molecule has 2 aromatic carbocycles. The highest BCUT2D eigenvalue weighted by Crippen LogP contribution is 2.27. The quantitative estimate of drug-likeness (QED) is 0.620. The van der Waals surface area contributed by atoms with Gasteiger partial charge in [0, 0.05) is 24.0 Å². The van der Waals surface area contributed by atoms with Gasteiger partial charge in [-0.2, -0.15) is 0 Å². The summed E-state index contributed by atoms with van der Waals surface area (Å²) in [4.78, 5) is 15.0. The Bertz CT molecular complexity index is 870. The summed E-state index contributed by atoms with van der Waals surface area (Å²) in [5, 5.41) is 3.87. The molecule has 0 bridgehead atoms. The maximum atomic E-state index is 12.7. The molecule has 0 atom stereocenters. The molecule has 0 radical (unpaired) electrons. The average Bonchev–Trinajstić information content (AvgIpc) is 3.09. The zero-order valence-electron chi connectivity index (χ0n) is 15.9. The summed E-state index contributed by atoms with van der Waals surface area (Å²) in [5.74, 6) is 0.882. The predicted molar refractivity (Wildman–Crippen MR) is 107 cm³/mol. The molecule has 5 heteroatoms. The minimum absolute atomic E-state index is 0.204. The van der Waals surface area contributed by atoms with Crippen molar-refractivity contribution < 1.29 is 13.9 Å².